The van der Waals surface area contributed by atoms with Crippen LogP contribution in [0.3, 0.4) is 0 Å². The third-order valence-corrected chi connectivity index (χ3v) is 1.77. The van der Waals surface area contributed by atoms with Crippen LogP contribution in [0.5, 0.6) is 5.88 Å². The number of ether oxygens (including phenoxy) is 1. The molecule has 1 aromatic heterocycles. The van der Waals surface area contributed by atoms with Crippen LogP contribution in [0.4, 0.5) is 0 Å². The van der Waals surface area contributed by atoms with Crippen LogP contribution >= 0.6 is 15.9 Å². The van der Waals surface area contributed by atoms with Gasteiger partial charge in [-0.15, -0.1) is 0 Å². The zero-order valence-corrected chi connectivity index (χ0v) is 8.28. The van der Waals surface area contributed by atoms with E-state index < -0.39 is 0 Å². The minimum Gasteiger partial charge on any atom is -0.472 e. The summed E-state index contributed by atoms with van der Waals surface area (Å²) in [5.41, 5.74) is 0. The number of hydrogen-bond acceptors (Lipinski definition) is 3. The topological polar surface area (TPSA) is 42.4 Å². The smallest absolute Gasteiger partial charge is 0.214 e. The van der Waals surface area contributed by atoms with Crippen LogP contribution in [-0.4, -0.2) is 22.8 Å². The van der Waals surface area contributed by atoms with E-state index in [4.69, 9.17) is 9.84 Å². The van der Waals surface area contributed by atoms with E-state index in [1.807, 2.05) is 6.07 Å². The van der Waals surface area contributed by atoms with Gasteiger partial charge in [0.1, 0.15) is 6.10 Å². The summed E-state index contributed by atoms with van der Waals surface area (Å²) in [5, 5.41) is 8.70. The highest BCUT2D eigenvalue weighted by Crippen LogP contribution is 2.15. The molecular formula is C8H10BrNO2. The molecule has 0 aliphatic rings. The number of halogens is 1. The molecule has 4 heteroatoms. The first-order valence-electron chi connectivity index (χ1n) is 3.61. The van der Waals surface area contributed by atoms with Crippen LogP contribution in [0.1, 0.15) is 6.92 Å². The van der Waals surface area contributed by atoms with Crippen LogP contribution in [-0.2, 0) is 0 Å². The van der Waals surface area contributed by atoms with Gasteiger partial charge < -0.3 is 9.84 Å². The summed E-state index contributed by atoms with van der Waals surface area (Å²) in [4.78, 5) is 3.96. The van der Waals surface area contributed by atoms with Crippen molar-refractivity contribution < 1.29 is 9.84 Å². The fourth-order valence-corrected chi connectivity index (χ4v) is 1.01. The summed E-state index contributed by atoms with van der Waals surface area (Å²) in [5.74, 6) is 0.519. The lowest BCUT2D eigenvalue weighted by Gasteiger charge is -2.10. The van der Waals surface area contributed by atoms with E-state index in [1.165, 1.54) is 0 Å². The monoisotopic (exact) mass is 231 g/mol. The molecule has 12 heavy (non-hydrogen) atoms. The molecule has 0 amide bonds. The quantitative estimate of drug-likeness (QED) is 0.860. The van der Waals surface area contributed by atoms with Gasteiger partial charge in [-0.3, -0.25) is 0 Å². The summed E-state index contributed by atoms with van der Waals surface area (Å²) in [6.45, 7) is 1.77. The number of pyridine rings is 1. The second-order valence-corrected chi connectivity index (χ2v) is 3.34. The Morgan fingerprint density at radius 1 is 1.75 bits per heavy atom. The number of hydrogen-bond donors (Lipinski definition) is 1. The highest BCUT2D eigenvalue weighted by atomic mass is 79.9. The van der Waals surface area contributed by atoms with Gasteiger partial charge in [0.25, 0.3) is 0 Å². The molecule has 3 nitrogen and oxygen atoms in total. The molecule has 0 spiro atoms. The van der Waals surface area contributed by atoms with Crippen LogP contribution in [0.15, 0.2) is 22.8 Å². The van der Waals surface area contributed by atoms with Gasteiger partial charge >= 0.3 is 0 Å². The second-order valence-electron chi connectivity index (χ2n) is 2.42. The predicted molar refractivity (Wildman–Crippen MR) is 49.1 cm³/mol. The Bertz CT molecular complexity index is 255. The van der Waals surface area contributed by atoms with Crippen molar-refractivity contribution in [1.29, 1.82) is 0 Å². The Labute approximate surface area is 79.5 Å². The van der Waals surface area contributed by atoms with E-state index in [-0.39, 0.29) is 12.7 Å². The average molecular weight is 232 g/mol. The standard InChI is InChI=1S/C8H10BrNO2/c1-6(5-11)12-8-4-7(9)2-3-10-8/h2-4,6,11H,5H2,1H3. The van der Waals surface area contributed by atoms with Crippen LogP contribution in [0.25, 0.3) is 0 Å². The van der Waals surface area contributed by atoms with E-state index >= 15 is 0 Å². The lowest BCUT2D eigenvalue weighted by Crippen LogP contribution is -2.16. The maximum absolute atomic E-state index is 8.70. The molecule has 1 rings (SSSR count). The van der Waals surface area contributed by atoms with Gasteiger partial charge in [-0.2, -0.15) is 0 Å². The minimum absolute atomic E-state index is 0.00576. The molecule has 66 valence electrons. The number of aromatic nitrogens is 1. The van der Waals surface area contributed by atoms with E-state index in [9.17, 15) is 0 Å². The van der Waals surface area contributed by atoms with Crippen molar-refractivity contribution in [1.82, 2.24) is 4.98 Å². The average Bonchev–Trinajstić information content (AvgIpc) is 2.04. The third-order valence-electron chi connectivity index (χ3n) is 1.28. The maximum atomic E-state index is 8.70. The van der Waals surface area contributed by atoms with E-state index in [0.717, 1.165) is 4.47 Å². The molecular weight excluding hydrogens is 222 g/mol. The van der Waals surface area contributed by atoms with Gasteiger partial charge in [-0.25, -0.2) is 4.98 Å². The van der Waals surface area contributed by atoms with Crippen molar-refractivity contribution in [3.05, 3.63) is 22.8 Å². The van der Waals surface area contributed by atoms with Crippen molar-refractivity contribution in [3.63, 3.8) is 0 Å². The van der Waals surface area contributed by atoms with Crippen LogP contribution in [0, 0.1) is 0 Å². The van der Waals surface area contributed by atoms with Gasteiger partial charge in [-0.05, 0) is 13.0 Å². The molecule has 1 atom stereocenters. The summed E-state index contributed by atoms with van der Waals surface area (Å²) in [6, 6.07) is 3.57. The first-order valence-corrected chi connectivity index (χ1v) is 4.40. The molecule has 0 aliphatic heterocycles. The first-order chi connectivity index (χ1) is 5.72. The van der Waals surface area contributed by atoms with Crippen LogP contribution in [0.2, 0.25) is 0 Å². The van der Waals surface area contributed by atoms with Gasteiger partial charge in [0.2, 0.25) is 5.88 Å². The minimum atomic E-state index is -0.216. The molecule has 0 aliphatic carbocycles. The molecule has 1 unspecified atom stereocenters. The zero-order valence-electron chi connectivity index (χ0n) is 6.70. The molecule has 0 aromatic carbocycles. The SMILES string of the molecule is CC(CO)Oc1cc(Br)ccn1. The van der Waals surface area contributed by atoms with Crippen molar-refractivity contribution in [2.75, 3.05) is 6.61 Å². The maximum Gasteiger partial charge on any atom is 0.214 e. The molecule has 0 radical (unpaired) electrons. The van der Waals surface area contributed by atoms with E-state index in [0.29, 0.717) is 5.88 Å². The fraction of sp³-hybridized carbons (Fsp3) is 0.375. The predicted octanol–water partition coefficient (Wildman–Crippen LogP) is 1.60. The highest BCUT2D eigenvalue weighted by molar-refractivity contribution is 9.10. The van der Waals surface area contributed by atoms with Gasteiger partial charge in [-0.1, -0.05) is 15.9 Å². The fourth-order valence-electron chi connectivity index (χ4n) is 0.693. The lowest BCUT2D eigenvalue weighted by atomic mass is 10.4. The molecule has 1 heterocycles. The number of aliphatic hydroxyl groups excluding tert-OH is 1. The Hall–Kier alpha value is -0.610. The molecule has 1 N–H and O–H groups in total. The zero-order chi connectivity index (χ0) is 8.97. The van der Waals surface area contributed by atoms with E-state index in [2.05, 4.69) is 20.9 Å². The third kappa shape index (κ3) is 2.79. The molecule has 0 saturated carbocycles. The number of aliphatic hydroxyl groups is 1. The van der Waals surface area contributed by atoms with Gasteiger partial charge in [0, 0.05) is 16.7 Å². The van der Waals surface area contributed by atoms with Gasteiger partial charge in [0.05, 0.1) is 6.61 Å². The molecule has 0 saturated heterocycles. The first kappa shape index (κ1) is 9.48. The molecule has 0 fully saturated rings. The summed E-state index contributed by atoms with van der Waals surface area (Å²) < 4.78 is 6.17. The highest BCUT2D eigenvalue weighted by Gasteiger charge is 2.02. The largest absolute Gasteiger partial charge is 0.472 e. The van der Waals surface area contributed by atoms with E-state index in [1.54, 1.807) is 19.2 Å². The second kappa shape index (κ2) is 4.42. The normalized spacial score (nSPS) is 12.6. The van der Waals surface area contributed by atoms with Crippen LogP contribution < -0.4 is 4.74 Å². The van der Waals surface area contributed by atoms with Gasteiger partial charge in [0.15, 0.2) is 0 Å². The Balaban J connectivity index is 2.63. The summed E-state index contributed by atoms with van der Waals surface area (Å²) in [7, 11) is 0. The van der Waals surface area contributed by atoms with Crippen molar-refractivity contribution in [2.24, 2.45) is 0 Å². The Kier molecular flexibility index (Phi) is 3.49. The van der Waals surface area contributed by atoms with Crippen molar-refractivity contribution in [2.45, 2.75) is 13.0 Å². The van der Waals surface area contributed by atoms with Crippen molar-refractivity contribution in [3.8, 4) is 5.88 Å². The number of nitrogens with zero attached hydrogens (tertiary/aromatic N) is 1. The molecule has 0 bridgehead atoms. The summed E-state index contributed by atoms with van der Waals surface area (Å²) >= 11 is 3.29. The summed E-state index contributed by atoms with van der Waals surface area (Å²) in [6.07, 6.45) is 1.43. The Morgan fingerprint density at radius 2 is 2.50 bits per heavy atom. The Morgan fingerprint density at radius 3 is 3.08 bits per heavy atom. The lowest BCUT2D eigenvalue weighted by molar-refractivity contribution is 0.125. The molecule has 1 aromatic rings. The van der Waals surface area contributed by atoms with Crippen molar-refractivity contribution >= 4 is 15.9 Å². The number of rotatable bonds is 3.